The van der Waals surface area contributed by atoms with Crippen LogP contribution in [0.1, 0.15) is 38.4 Å². The summed E-state index contributed by atoms with van der Waals surface area (Å²) in [5.74, 6) is 5.55. The quantitative estimate of drug-likeness (QED) is 0.877. The molecule has 0 aliphatic carbocycles. The third-order valence-electron chi connectivity index (χ3n) is 3.03. The molecule has 1 aromatic rings. The Labute approximate surface area is 113 Å². The van der Waals surface area contributed by atoms with Crippen LogP contribution in [0.2, 0.25) is 0 Å². The van der Waals surface area contributed by atoms with Gasteiger partial charge >= 0.3 is 0 Å². The molecule has 0 aromatic carbocycles. The van der Waals surface area contributed by atoms with E-state index in [-0.39, 0.29) is 0 Å². The van der Waals surface area contributed by atoms with Crippen molar-refractivity contribution in [3.63, 3.8) is 0 Å². The first-order valence-electron chi connectivity index (χ1n) is 6.60. The summed E-state index contributed by atoms with van der Waals surface area (Å²) in [5, 5.41) is 6.64. The van der Waals surface area contributed by atoms with Crippen LogP contribution in [0.25, 0.3) is 0 Å². The summed E-state index contributed by atoms with van der Waals surface area (Å²) in [4.78, 5) is 9.08. The van der Waals surface area contributed by atoms with Crippen molar-refractivity contribution in [3.8, 4) is 0 Å². The Balaban J connectivity index is 2.12. The second-order valence-electron chi connectivity index (χ2n) is 4.96. The number of anilines is 2. The molecule has 1 atom stereocenters. The molecule has 2 heterocycles. The SMILES string of the molecule is CNc1cc(NC2CCCSC2)nc(C(C)C)n1. The summed E-state index contributed by atoms with van der Waals surface area (Å²) < 4.78 is 0. The Bertz CT molecular complexity index is 389. The van der Waals surface area contributed by atoms with E-state index in [4.69, 9.17) is 0 Å². The van der Waals surface area contributed by atoms with Crippen molar-refractivity contribution in [2.24, 2.45) is 0 Å². The Hall–Kier alpha value is -0.970. The molecular formula is C13H22N4S. The molecule has 100 valence electrons. The Morgan fingerprint density at radius 2 is 2.11 bits per heavy atom. The Morgan fingerprint density at radius 3 is 2.72 bits per heavy atom. The third-order valence-corrected chi connectivity index (χ3v) is 4.24. The van der Waals surface area contributed by atoms with Crippen molar-refractivity contribution in [2.45, 2.75) is 38.6 Å². The molecule has 0 spiro atoms. The van der Waals surface area contributed by atoms with Crippen molar-refractivity contribution in [1.29, 1.82) is 0 Å². The van der Waals surface area contributed by atoms with E-state index >= 15 is 0 Å². The lowest BCUT2D eigenvalue weighted by Crippen LogP contribution is -2.26. The van der Waals surface area contributed by atoms with Crippen molar-refractivity contribution in [1.82, 2.24) is 9.97 Å². The lowest BCUT2D eigenvalue weighted by Gasteiger charge is -2.23. The van der Waals surface area contributed by atoms with E-state index in [1.165, 1.54) is 24.3 Å². The van der Waals surface area contributed by atoms with Crippen LogP contribution in [0, 0.1) is 0 Å². The van der Waals surface area contributed by atoms with Gasteiger partial charge in [-0.2, -0.15) is 11.8 Å². The van der Waals surface area contributed by atoms with Crippen molar-refractivity contribution in [2.75, 3.05) is 29.2 Å². The van der Waals surface area contributed by atoms with E-state index in [0.29, 0.717) is 12.0 Å². The molecule has 0 bridgehead atoms. The number of nitrogens with zero attached hydrogens (tertiary/aromatic N) is 2. The number of rotatable bonds is 4. The summed E-state index contributed by atoms with van der Waals surface area (Å²) in [6.45, 7) is 4.24. The molecule has 1 saturated heterocycles. The maximum Gasteiger partial charge on any atom is 0.135 e. The first-order chi connectivity index (χ1) is 8.69. The van der Waals surface area contributed by atoms with Crippen LogP contribution in [0.3, 0.4) is 0 Å². The monoisotopic (exact) mass is 266 g/mol. The largest absolute Gasteiger partial charge is 0.373 e. The van der Waals surface area contributed by atoms with E-state index in [1.807, 2.05) is 24.9 Å². The molecule has 1 aliphatic heterocycles. The lowest BCUT2D eigenvalue weighted by molar-refractivity contribution is 0.679. The normalized spacial score (nSPS) is 19.9. The zero-order valence-electron chi connectivity index (χ0n) is 11.4. The first kappa shape index (κ1) is 13.5. The fourth-order valence-electron chi connectivity index (χ4n) is 1.99. The average molecular weight is 266 g/mol. The zero-order chi connectivity index (χ0) is 13.0. The van der Waals surface area contributed by atoms with Crippen molar-refractivity contribution >= 4 is 23.4 Å². The molecule has 0 radical (unpaired) electrons. The van der Waals surface area contributed by atoms with Crippen LogP contribution in [-0.2, 0) is 0 Å². The average Bonchev–Trinajstić information content (AvgIpc) is 2.39. The topological polar surface area (TPSA) is 49.8 Å². The van der Waals surface area contributed by atoms with Gasteiger partial charge in [-0.1, -0.05) is 13.8 Å². The van der Waals surface area contributed by atoms with Gasteiger partial charge < -0.3 is 10.6 Å². The number of nitrogens with one attached hydrogen (secondary N) is 2. The highest BCUT2D eigenvalue weighted by Gasteiger charge is 2.15. The van der Waals surface area contributed by atoms with Gasteiger partial charge in [0.05, 0.1) is 0 Å². The fraction of sp³-hybridized carbons (Fsp3) is 0.692. The van der Waals surface area contributed by atoms with Crippen molar-refractivity contribution < 1.29 is 0 Å². The molecule has 0 amide bonds. The standard InChI is InChI=1S/C13H22N4S/c1-9(2)13-16-11(14-3)7-12(17-13)15-10-5-4-6-18-8-10/h7,9-10H,4-6,8H2,1-3H3,(H2,14,15,16,17). The molecule has 1 fully saturated rings. The van der Waals surface area contributed by atoms with Gasteiger partial charge in [-0.05, 0) is 18.6 Å². The first-order valence-corrected chi connectivity index (χ1v) is 7.75. The zero-order valence-corrected chi connectivity index (χ0v) is 12.2. The smallest absolute Gasteiger partial charge is 0.135 e. The summed E-state index contributed by atoms with van der Waals surface area (Å²) in [7, 11) is 1.90. The molecule has 2 N–H and O–H groups in total. The summed E-state index contributed by atoms with van der Waals surface area (Å²) in [6, 6.07) is 2.54. The van der Waals surface area contributed by atoms with E-state index in [2.05, 4.69) is 34.4 Å². The van der Waals surface area contributed by atoms with E-state index in [9.17, 15) is 0 Å². The maximum atomic E-state index is 4.60. The molecule has 2 rings (SSSR count). The van der Waals surface area contributed by atoms with Gasteiger partial charge in [-0.15, -0.1) is 0 Å². The second-order valence-corrected chi connectivity index (χ2v) is 6.11. The van der Waals surface area contributed by atoms with E-state index < -0.39 is 0 Å². The number of hydrogen-bond acceptors (Lipinski definition) is 5. The fourth-order valence-corrected chi connectivity index (χ4v) is 3.06. The highest BCUT2D eigenvalue weighted by molar-refractivity contribution is 7.99. The molecule has 4 nitrogen and oxygen atoms in total. The van der Waals surface area contributed by atoms with Gasteiger partial charge in [0, 0.05) is 30.8 Å². The molecular weight excluding hydrogens is 244 g/mol. The predicted octanol–water partition coefficient (Wildman–Crippen LogP) is 2.95. The van der Waals surface area contributed by atoms with Gasteiger partial charge in [0.1, 0.15) is 17.5 Å². The minimum Gasteiger partial charge on any atom is -0.373 e. The van der Waals surface area contributed by atoms with Crippen LogP contribution in [0.4, 0.5) is 11.6 Å². The summed E-state index contributed by atoms with van der Waals surface area (Å²) in [6.07, 6.45) is 2.53. The molecule has 5 heteroatoms. The van der Waals surface area contributed by atoms with Crippen LogP contribution in [0.15, 0.2) is 6.07 Å². The number of hydrogen-bond donors (Lipinski definition) is 2. The predicted molar refractivity (Wildman–Crippen MR) is 79.6 cm³/mol. The molecule has 1 unspecified atom stereocenters. The van der Waals surface area contributed by atoms with Crippen LogP contribution in [0.5, 0.6) is 0 Å². The molecule has 18 heavy (non-hydrogen) atoms. The van der Waals surface area contributed by atoms with E-state index in [1.54, 1.807) is 0 Å². The molecule has 1 aromatic heterocycles. The Morgan fingerprint density at radius 1 is 1.33 bits per heavy atom. The summed E-state index contributed by atoms with van der Waals surface area (Å²) >= 11 is 2.02. The maximum absolute atomic E-state index is 4.60. The van der Waals surface area contributed by atoms with Gasteiger partial charge in [0.2, 0.25) is 0 Å². The number of aromatic nitrogens is 2. The van der Waals surface area contributed by atoms with E-state index in [0.717, 1.165) is 17.5 Å². The van der Waals surface area contributed by atoms with Crippen LogP contribution >= 0.6 is 11.8 Å². The van der Waals surface area contributed by atoms with Crippen LogP contribution < -0.4 is 10.6 Å². The van der Waals surface area contributed by atoms with Gasteiger partial charge in [0.25, 0.3) is 0 Å². The summed E-state index contributed by atoms with van der Waals surface area (Å²) in [5.41, 5.74) is 0. The molecule has 0 saturated carbocycles. The van der Waals surface area contributed by atoms with Gasteiger partial charge in [-0.3, -0.25) is 0 Å². The third kappa shape index (κ3) is 3.51. The highest BCUT2D eigenvalue weighted by Crippen LogP contribution is 2.22. The minimum absolute atomic E-state index is 0.347. The second kappa shape index (κ2) is 6.27. The lowest BCUT2D eigenvalue weighted by atomic mass is 10.2. The van der Waals surface area contributed by atoms with Gasteiger partial charge in [-0.25, -0.2) is 9.97 Å². The minimum atomic E-state index is 0.347. The van der Waals surface area contributed by atoms with Crippen LogP contribution in [-0.4, -0.2) is 34.6 Å². The molecule has 1 aliphatic rings. The Kier molecular flexibility index (Phi) is 4.69. The highest BCUT2D eigenvalue weighted by atomic mass is 32.2. The number of thioether (sulfide) groups is 1. The van der Waals surface area contributed by atoms with Gasteiger partial charge in [0.15, 0.2) is 0 Å². The van der Waals surface area contributed by atoms with Crippen molar-refractivity contribution in [3.05, 3.63) is 11.9 Å².